The Morgan fingerprint density at radius 2 is 1.96 bits per heavy atom. The van der Waals surface area contributed by atoms with E-state index in [0.29, 0.717) is 11.4 Å². The minimum absolute atomic E-state index is 0.0249. The monoisotopic (exact) mass is 337 g/mol. The molecule has 3 aromatic rings. The van der Waals surface area contributed by atoms with Crippen LogP contribution in [0.5, 0.6) is 0 Å². The Labute approximate surface area is 142 Å². The number of nitrogens with two attached hydrogens (primary N) is 1. The summed E-state index contributed by atoms with van der Waals surface area (Å²) in [5.41, 5.74) is 10.6. The molecule has 0 aliphatic rings. The highest BCUT2D eigenvalue weighted by Crippen LogP contribution is 2.30. The first-order valence-electron chi connectivity index (χ1n) is 7.30. The van der Waals surface area contributed by atoms with Gasteiger partial charge in [-0.2, -0.15) is 5.10 Å². The molecular weight excluding hydrogens is 322 g/mol. The molecule has 0 radical (unpaired) electrons. The standard InChI is InChI=1S/C16H15N7O2/c17-16(18)22-19-9-14-15(12-3-1-2-4-13(12)21-14)20-10-5-7-11(8-6-10)23(24)25/h1-9,20-21H,(H4,17,18,22). The summed E-state index contributed by atoms with van der Waals surface area (Å²) in [4.78, 5) is 13.5. The van der Waals surface area contributed by atoms with Gasteiger partial charge in [-0.05, 0) is 18.2 Å². The lowest BCUT2D eigenvalue weighted by atomic mass is 10.2. The van der Waals surface area contributed by atoms with Crippen molar-refractivity contribution in [1.82, 2.24) is 10.4 Å². The van der Waals surface area contributed by atoms with Crippen molar-refractivity contribution in [3.8, 4) is 0 Å². The lowest BCUT2D eigenvalue weighted by molar-refractivity contribution is -0.384. The number of non-ortho nitro benzene ring substituents is 1. The molecule has 0 aliphatic heterocycles. The molecule has 1 heterocycles. The van der Waals surface area contributed by atoms with E-state index < -0.39 is 4.92 Å². The van der Waals surface area contributed by atoms with Gasteiger partial charge in [-0.1, -0.05) is 18.2 Å². The molecule has 9 heteroatoms. The second-order valence-corrected chi connectivity index (χ2v) is 5.17. The average Bonchev–Trinajstić information content (AvgIpc) is 2.93. The highest BCUT2D eigenvalue weighted by Gasteiger charge is 2.11. The van der Waals surface area contributed by atoms with Crippen molar-refractivity contribution in [3.05, 3.63) is 64.3 Å². The lowest BCUT2D eigenvalue weighted by Gasteiger charge is -2.06. The molecule has 0 bridgehead atoms. The van der Waals surface area contributed by atoms with Gasteiger partial charge in [0.15, 0.2) is 0 Å². The largest absolute Gasteiger partial charge is 0.369 e. The molecule has 0 saturated heterocycles. The number of nitrogens with zero attached hydrogens (tertiary/aromatic N) is 2. The predicted molar refractivity (Wildman–Crippen MR) is 97.3 cm³/mol. The van der Waals surface area contributed by atoms with E-state index in [1.807, 2.05) is 24.3 Å². The first kappa shape index (κ1) is 16.0. The summed E-state index contributed by atoms with van der Waals surface area (Å²) in [5, 5.41) is 26.0. The summed E-state index contributed by atoms with van der Waals surface area (Å²) < 4.78 is 0. The number of hydrogen-bond donors (Lipinski definition) is 5. The fraction of sp³-hybridized carbons (Fsp3) is 0. The van der Waals surface area contributed by atoms with Crippen LogP contribution in [0.1, 0.15) is 5.69 Å². The van der Waals surface area contributed by atoms with Crippen molar-refractivity contribution < 1.29 is 4.92 Å². The van der Waals surface area contributed by atoms with Gasteiger partial charge in [0.2, 0.25) is 5.96 Å². The molecule has 126 valence electrons. The van der Waals surface area contributed by atoms with E-state index >= 15 is 0 Å². The van der Waals surface area contributed by atoms with E-state index in [9.17, 15) is 10.1 Å². The first-order chi connectivity index (χ1) is 12.0. The van der Waals surface area contributed by atoms with Crippen LogP contribution in [0.4, 0.5) is 17.1 Å². The number of nitrogens with one attached hydrogen (secondary N) is 4. The lowest BCUT2D eigenvalue weighted by Crippen LogP contribution is -2.25. The number of para-hydroxylation sites is 1. The van der Waals surface area contributed by atoms with Crippen molar-refractivity contribution >= 4 is 40.1 Å². The Hall–Kier alpha value is -3.88. The van der Waals surface area contributed by atoms with Gasteiger partial charge in [-0.3, -0.25) is 15.5 Å². The number of fused-ring (bicyclic) bond motifs is 1. The molecule has 2 aromatic carbocycles. The number of benzene rings is 2. The summed E-state index contributed by atoms with van der Waals surface area (Å²) in [6, 6.07) is 13.8. The maximum atomic E-state index is 10.8. The van der Waals surface area contributed by atoms with Crippen LogP contribution in [0.3, 0.4) is 0 Å². The molecule has 1 aromatic heterocycles. The normalized spacial score (nSPS) is 10.9. The Kier molecular flexibility index (Phi) is 4.29. The van der Waals surface area contributed by atoms with Gasteiger partial charge in [0.05, 0.1) is 22.5 Å². The average molecular weight is 337 g/mol. The number of nitro benzene ring substituents is 1. The number of H-pyrrole nitrogens is 1. The minimum Gasteiger partial charge on any atom is -0.369 e. The van der Waals surface area contributed by atoms with Gasteiger partial charge in [-0.25, -0.2) is 5.43 Å². The van der Waals surface area contributed by atoms with Gasteiger partial charge in [-0.15, -0.1) is 0 Å². The van der Waals surface area contributed by atoms with Crippen LogP contribution in [0.15, 0.2) is 53.6 Å². The topological polar surface area (TPSA) is 145 Å². The Morgan fingerprint density at radius 3 is 2.64 bits per heavy atom. The molecule has 0 spiro atoms. The van der Waals surface area contributed by atoms with Crippen LogP contribution >= 0.6 is 0 Å². The number of aromatic nitrogens is 1. The van der Waals surface area contributed by atoms with Crippen LogP contribution < -0.4 is 16.5 Å². The summed E-state index contributed by atoms with van der Waals surface area (Å²) in [5.74, 6) is -0.266. The smallest absolute Gasteiger partial charge is 0.269 e. The maximum Gasteiger partial charge on any atom is 0.269 e. The van der Waals surface area contributed by atoms with Crippen LogP contribution in [-0.2, 0) is 0 Å². The molecule has 9 nitrogen and oxygen atoms in total. The molecule has 0 fully saturated rings. The number of rotatable bonds is 5. The van der Waals surface area contributed by atoms with E-state index in [2.05, 4.69) is 20.8 Å². The maximum absolute atomic E-state index is 10.8. The third-order valence-corrected chi connectivity index (χ3v) is 3.46. The highest BCUT2D eigenvalue weighted by molar-refractivity contribution is 6.04. The van der Waals surface area contributed by atoms with Crippen molar-refractivity contribution in [3.63, 3.8) is 0 Å². The van der Waals surface area contributed by atoms with Crippen molar-refractivity contribution in [2.24, 2.45) is 10.8 Å². The third-order valence-electron chi connectivity index (χ3n) is 3.46. The van der Waals surface area contributed by atoms with Crippen LogP contribution in [-0.4, -0.2) is 22.1 Å². The molecule has 0 aliphatic carbocycles. The number of guanidine groups is 1. The van der Waals surface area contributed by atoms with Gasteiger partial charge in [0.25, 0.3) is 5.69 Å². The molecular formula is C16H15N7O2. The van der Waals surface area contributed by atoms with Gasteiger partial charge in [0, 0.05) is 28.7 Å². The van der Waals surface area contributed by atoms with Crippen LogP contribution in [0, 0.1) is 15.5 Å². The van der Waals surface area contributed by atoms with E-state index in [1.54, 1.807) is 12.1 Å². The predicted octanol–water partition coefficient (Wildman–Crippen LogP) is 2.64. The van der Waals surface area contributed by atoms with Crippen molar-refractivity contribution in [2.75, 3.05) is 5.32 Å². The first-order valence-corrected chi connectivity index (χ1v) is 7.30. The fourth-order valence-electron chi connectivity index (χ4n) is 2.37. The van der Waals surface area contributed by atoms with E-state index in [-0.39, 0.29) is 11.6 Å². The second kappa shape index (κ2) is 6.71. The quantitative estimate of drug-likeness (QED) is 0.210. The highest BCUT2D eigenvalue weighted by atomic mass is 16.6. The zero-order valence-electron chi connectivity index (χ0n) is 13.0. The summed E-state index contributed by atoms with van der Waals surface area (Å²) in [6.45, 7) is 0. The Bertz CT molecular complexity index is 960. The van der Waals surface area contributed by atoms with E-state index in [1.165, 1.54) is 18.3 Å². The fourth-order valence-corrected chi connectivity index (χ4v) is 2.37. The van der Waals surface area contributed by atoms with Gasteiger partial charge < -0.3 is 16.0 Å². The van der Waals surface area contributed by atoms with Crippen LogP contribution in [0.2, 0.25) is 0 Å². The molecule has 0 atom stereocenters. The van der Waals surface area contributed by atoms with Crippen molar-refractivity contribution in [2.45, 2.75) is 0 Å². The molecule has 0 amide bonds. The number of nitro groups is 1. The molecule has 0 unspecified atom stereocenters. The molecule has 6 N–H and O–H groups in total. The number of hydrazone groups is 1. The van der Waals surface area contributed by atoms with Crippen LogP contribution in [0.25, 0.3) is 10.9 Å². The van der Waals surface area contributed by atoms with Gasteiger partial charge in [0.1, 0.15) is 0 Å². The summed E-state index contributed by atoms with van der Waals surface area (Å²) >= 11 is 0. The van der Waals surface area contributed by atoms with Gasteiger partial charge >= 0.3 is 0 Å². The number of aromatic amines is 1. The molecule has 3 rings (SSSR count). The number of hydrogen-bond acceptors (Lipinski definition) is 5. The zero-order chi connectivity index (χ0) is 17.8. The second-order valence-electron chi connectivity index (χ2n) is 5.17. The SMILES string of the molecule is N=C(N)NN=Cc1[nH]c2ccccc2c1Nc1ccc([N+](=O)[O-])cc1. The number of anilines is 2. The Morgan fingerprint density at radius 1 is 1.24 bits per heavy atom. The molecule has 25 heavy (non-hydrogen) atoms. The summed E-state index contributed by atoms with van der Waals surface area (Å²) in [6.07, 6.45) is 1.51. The van der Waals surface area contributed by atoms with E-state index in [4.69, 9.17) is 11.1 Å². The van der Waals surface area contributed by atoms with E-state index in [0.717, 1.165) is 16.6 Å². The van der Waals surface area contributed by atoms with Crippen molar-refractivity contribution in [1.29, 1.82) is 5.41 Å². The third kappa shape index (κ3) is 3.55. The minimum atomic E-state index is -0.443. The zero-order valence-corrected chi connectivity index (χ0v) is 13.0. The Balaban J connectivity index is 1.96. The summed E-state index contributed by atoms with van der Waals surface area (Å²) in [7, 11) is 0. The molecule has 0 saturated carbocycles.